The van der Waals surface area contributed by atoms with E-state index in [4.69, 9.17) is 43.6 Å². The first kappa shape index (κ1) is 100. The van der Waals surface area contributed by atoms with Gasteiger partial charge >= 0.3 is 12.2 Å². The number of carbonyl (C=O) groups is 15. The molecule has 3 unspecified atom stereocenters. The number of rotatable bonds is 31. The number of aldehydes is 1. The molecule has 0 aliphatic carbocycles. The van der Waals surface area contributed by atoms with E-state index in [0.29, 0.717) is 121 Å². The first-order valence-corrected chi connectivity index (χ1v) is 39.6. The smallest absolute Gasteiger partial charge is 0.407 e. The fourth-order valence-electron chi connectivity index (χ4n) is 13.9. The predicted octanol–water partition coefficient (Wildman–Crippen LogP) is 1.05. The van der Waals surface area contributed by atoms with E-state index in [9.17, 15) is 71.9 Å². The molecule has 41 heteroatoms. The van der Waals surface area contributed by atoms with Gasteiger partial charge in [0, 0.05) is 180 Å². The number of amides is 14. The average molecular weight is 1800 g/mol. The quantitative estimate of drug-likeness (QED) is 0.0269. The Hall–Kier alpha value is -8.61. The van der Waals surface area contributed by atoms with E-state index >= 15 is 0 Å². The van der Waals surface area contributed by atoms with Gasteiger partial charge in [-0.3, -0.25) is 98.0 Å². The maximum absolute atomic E-state index is 13.1. The van der Waals surface area contributed by atoms with Crippen molar-refractivity contribution >= 4 is 131 Å². The van der Waals surface area contributed by atoms with E-state index in [1.165, 1.54) is 0 Å². The summed E-state index contributed by atoms with van der Waals surface area (Å²) >= 11 is 0. The number of alkyl carbamates (subject to hydrolysis) is 2. The SMILES string of the molecule is CC(C)(C)OC(=O)NCCOCCOCC=O.CC(C)(C)OC(=O)NCCOCCOCCN1CCN(c2ccc3c(c2)C(=O)N(C2CCC(=O)NC2=O)C3=O)CC1.Cl.Cl.NCCOCCOCCN1CCN(c2ccc3c(c2)C(=O)N(C2CCC(=O)NC2=O)C3=O)CC1.O=C1CCC(N2C(=O)c3ccc(N4CCNCC4)cc3C2=O)C(=O)N1.[Y]. The summed E-state index contributed by atoms with van der Waals surface area (Å²) in [5.41, 5.74) is 8.78. The third-order valence-electron chi connectivity index (χ3n) is 19.7. The second-order valence-electron chi connectivity index (χ2n) is 30.4. The molecule has 8 N–H and O–H groups in total. The van der Waals surface area contributed by atoms with Gasteiger partial charge < -0.3 is 79.1 Å². The topological polar surface area (TPSA) is 454 Å². The van der Waals surface area contributed by atoms with Crippen molar-refractivity contribution in [2.45, 2.75) is 109 Å². The zero-order valence-corrected chi connectivity index (χ0v) is 73.2. The Morgan fingerprint density at radius 1 is 0.417 bits per heavy atom. The molecule has 9 heterocycles. The zero-order valence-electron chi connectivity index (χ0n) is 68.7. The maximum atomic E-state index is 13.1. The van der Waals surface area contributed by atoms with Gasteiger partial charge in [0.2, 0.25) is 35.4 Å². The molecule has 6 saturated heterocycles. The van der Waals surface area contributed by atoms with Crippen LogP contribution in [0.2, 0.25) is 0 Å². The van der Waals surface area contributed by atoms with Gasteiger partial charge in [0.1, 0.15) is 42.2 Å². The van der Waals surface area contributed by atoms with Gasteiger partial charge in [0.05, 0.1) is 106 Å². The molecule has 1 radical (unpaired) electrons. The summed E-state index contributed by atoms with van der Waals surface area (Å²) in [6.45, 7) is 28.9. The van der Waals surface area contributed by atoms with E-state index in [0.717, 1.165) is 123 Å². The Labute approximate surface area is 734 Å². The molecule has 12 rings (SSSR count). The summed E-state index contributed by atoms with van der Waals surface area (Å²) < 4.78 is 42.2. The van der Waals surface area contributed by atoms with E-state index < -0.39 is 101 Å². The van der Waals surface area contributed by atoms with E-state index in [1.807, 2.05) is 39.0 Å². The summed E-state index contributed by atoms with van der Waals surface area (Å²) in [5, 5.41) is 15.1. The van der Waals surface area contributed by atoms with Crippen molar-refractivity contribution in [1.29, 1.82) is 0 Å². The first-order chi connectivity index (χ1) is 56.0. The molecule has 0 spiro atoms. The molecule has 3 aromatic rings. The molecule has 657 valence electrons. The molecule has 9 aliphatic rings. The monoisotopic (exact) mass is 1800 g/mol. The van der Waals surface area contributed by atoms with Crippen molar-refractivity contribution in [3.8, 4) is 0 Å². The van der Waals surface area contributed by atoms with Crippen LogP contribution in [0.3, 0.4) is 0 Å². The van der Waals surface area contributed by atoms with Crippen LogP contribution in [0, 0.1) is 0 Å². The van der Waals surface area contributed by atoms with Crippen LogP contribution in [0.25, 0.3) is 0 Å². The number of anilines is 3. The number of ether oxygens (including phenoxy) is 8. The molecule has 0 bridgehead atoms. The molecule has 38 nitrogen and oxygen atoms in total. The summed E-state index contributed by atoms with van der Waals surface area (Å²) in [6, 6.07) is 12.8. The van der Waals surface area contributed by atoms with Crippen LogP contribution in [0.5, 0.6) is 0 Å². The Kier molecular flexibility index (Phi) is 40.8. The fourth-order valence-corrected chi connectivity index (χ4v) is 13.9. The molecule has 14 amide bonds. The van der Waals surface area contributed by atoms with E-state index in [-0.39, 0.29) is 126 Å². The maximum Gasteiger partial charge on any atom is 0.407 e. The van der Waals surface area contributed by atoms with Gasteiger partial charge in [-0.25, -0.2) is 9.59 Å². The number of halogens is 2. The number of nitrogens with two attached hydrogens (primary N) is 1. The number of benzene rings is 3. The van der Waals surface area contributed by atoms with Crippen molar-refractivity contribution in [1.82, 2.24) is 56.4 Å². The van der Waals surface area contributed by atoms with Crippen molar-refractivity contribution in [2.75, 3.05) is 205 Å². The second-order valence-corrected chi connectivity index (χ2v) is 30.4. The van der Waals surface area contributed by atoms with Crippen molar-refractivity contribution in [3.63, 3.8) is 0 Å². The third kappa shape index (κ3) is 29.0. The molecule has 0 saturated carbocycles. The number of carbonyl (C=O) groups excluding carboxylic acids is 15. The van der Waals surface area contributed by atoms with E-state index in [2.05, 4.69) is 56.4 Å². The number of piperidine rings is 3. The minimum atomic E-state index is -0.970. The summed E-state index contributed by atoms with van der Waals surface area (Å²) in [7, 11) is 0. The molecule has 3 aromatic carbocycles. The van der Waals surface area contributed by atoms with Gasteiger partial charge in [-0.1, -0.05) is 0 Å². The van der Waals surface area contributed by atoms with Crippen LogP contribution in [-0.4, -0.2) is 334 Å². The summed E-state index contributed by atoms with van der Waals surface area (Å²) in [5.74, 6) is -5.88. The Morgan fingerprint density at radius 3 is 1.02 bits per heavy atom. The van der Waals surface area contributed by atoms with Crippen molar-refractivity contribution in [2.24, 2.45) is 5.73 Å². The molecule has 120 heavy (non-hydrogen) atoms. The van der Waals surface area contributed by atoms with Gasteiger partial charge in [-0.2, -0.15) is 0 Å². The molecule has 9 aliphatic heterocycles. The van der Waals surface area contributed by atoms with Gasteiger partial charge in [-0.15, -0.1) is 24.8 Å². The van der Waals surface area contributed by atoms with Crippen molar-refractivity contribution < 1.29 is 143 Å². The molecular weight excluding hydrogens is 1690 g/mol. The van der Waals surface area contributed by atoms with Crippen LogP contribution in [0.1, 0.15) is 142 Å². The number of hydrogen-bond acceptors (Lipinski definition) is 30. The van der Waals surface area contributed by atoms with Gasteiger partial charge in [-0.05, 0) is 115 Å². The Bertz CT molecular complexity index is 4100. The Morgan fingerprint density at radius 2 is 0.717 bits per heavy atom. The summed E-state index contributed by atoms with van der Waals surface area (Å²) in [4.78, 5) is 195. The predicted molar refractivity (Wildman–Crippen MR) is 435 cm³/mol. The fraction of sp³-hybridized carbons (Fsp3) is 0.582. The standard InChI is InChI=1S/C28H39N5O8.C23H31N5O6.C17H18N4O4.C11H21NO5.2ClH.Y/c1-28(2,3)41-27(38)29-8-14-39-16-17-40-15-13-31-9-11-32(12-10-31)19-4-5-20-21(18-19)26(37)33(25(20)36)22-6-7-23(34)30-24(22)35;24-5-11-33-13-14-34-12-10-26-6-8-27(9-7-26)16-1-2-17-18(15-16)23(32)28(22(17)31)19-3-4-20(29)25-21(19)30;22-14-4-3-13(15(23)19-14)21-16(24)11-2-1-10(9-12(11)17(21)25)20-7-5-18-6-8-20;1-11(2,3)17-10(14)12-4-6-15-8-9-16-7-5-13;;;/h4-5,18,22H,6-17H2,1-3H3,(H,29,38)(H,30,34,35);1-2,15,19H,3-14,24H2,(H,25,29,30);1-2,9,13,18H,3-8H2,(H,19,22,23);5H,4,6-9H2,1-3H3,(H,12,14);2*1H;. The molecular formula is C79H111Cl2N15O23Y. The number of piperazine rings is 3. The third-order valence-corrected chi connectivity index (χ3v) is 19.7. The minimum Gasteiger partial charge on any atom is -0.444 e. The normalized spacial score (nSPS) is 19.3. The molecule has 6 fully saturated rings. The summed E-state index contributed by atoms with van der Waals surface area (Å²) in [6.07, 6.45) is 0.525. The van der Waals surface area contributed by atoms with Gasteiger partial charge in [0.15, 0.2) is 0 Å². The number of imide groups is 6. The number of hydrogen-bond donors (Lipinski definition) is 7. The van der Waals surface area contributed by atoms with Crippen LogP contribution < -0.4 is 52.3 Å². The van der Waals surface area contributed by atoms with Crippen LogP contribution in [0.15, 0.2) is 54.6 Å². The molecule has 3 atom stereocenters. The van der Waals surface area contributed by atoms with Crippen LogP contribution in [0.4, 0.5) is 26.7 Å². The van der Waals surface area contributed by atoms with Crippen LogP contribution >= 0.6 is 24.8 Å². The Balaban J connectivity index is 0.000000257. The largest absolute Gasteiger partial charge is 0.444 e. The number of fused-ring (bicyclic) bond motifs is 3. The molecule has 0 aromatic heterocycles. The second kappa shape index (κ2) is 48.9. The van der Waals surface area contributed by atoms with Crippen molar-refractivity contribution in [3.05, 3.63) is 88.0 Å². The number of nitrogens with one attached hydrogen (secondary N) is 6. The zero-order chi connectivity index (χ0) is 84.3. The van der Waals surface area contributed by atoms with Crippen LogP contribution in [-0.2, 0) is 104 Å². The number of nitrogens with zero attached hydrogens (tertiary/aromatic N) is 8. The minimum absolute atomic E-state index is 0. The first-order valence-electron chi connectivity index (χ1n) is 39.6. The van der Waals surface area contributed by atoms with E-state index in [1.54, 1.807) is 57.2 Å². The average Bonchev–Trinajstić information content (AvgIpc) is 1.62. The van der Waals surface area contributed by atoms with Gasteiger partial charge in [0.25, 0.3) is 35.4 Å².